The molecule has 124 valence electrons. The van der Waals surface area contributed by atoms with Crippen LogP contribution in [0.2, 0.25) is 0 Å². The van der Waals surface area contributed by atoms with Crippen molar-refractivity contribution >= 4 is 50.4 Å². The molecule has 0 spiro atoms. The number of benzene rings is 1. The number of halogens is 1. The molecule has 1 N–H and O–H groups in total. The van der Waals surface area contributed by atoms with E-state index in [4.69, 9.17) is 4.42 Å². The highest BCUT2D eigenvalue weighted by atomic mass is 79.9. The third-order valence-electron chi connectivity index (χ3n) is 3.49. The Bertz CT molecular complexity index is 800. The lowest BCUT2D eigenvalue weighted by atomic mass is 10.2. The fourth-order valence-electron chi connectivity index (χ4n) is 2.27. The van der Waals surface area contributed by atoms with Gasteiger partial charge in [0.2, 0.25) is 5.91 Å². The number of nitrogens with one attached hydrogen (secondary N) is 1. The number of furan rings is 1. The zero-order chi connectivity index (χ0) is 17.3. The summed E-state index contributed by atoms with van der Waals surface area (Å²) in [6.07, 6.45) is 0. The molecule has 1 aromatic carbocycles. The van der Waals surface area contributed by atoms with Gasteiger partial charge in [0, 0.05) is 11.3 Å². The summed E-state index contributed by atoms with van der Waals surface area (Å²) >= 11 is 4.20. The number of carbonyl (C=O) groups is 3. The number of imide groups is 1. The van der Waals surface area contributed by atoms with Gasteiger partial charge in [-0.05, 0) is 46.6 Å². The van der Waals surface area contributed by atoms with Crippen LogP contribution in [-0.2, 0) is 11.3 Å². The Morgan fingerprint density at radius 3 is 2.58 bits per heavy atom. The lowest BCUT2D eigenvalue weighted by molar-refractivity contribution is -0.125. The predicted octanol–water partition coefficient (Wildman–Crippen LogP) is 3.80. The van der Waals surface area contributed by atoms with Crippen LogP contribution in [0.15, 0.2) is 39.4 Å². The van der Waals surface area contributed by atoms with Gasteiger partial charge in [0.1, 0.15) is 0 Å². The summed E-state index contributed by atoms with van der Waals surface area (Å²) in [4.78, 5) is 36.6. The summed E-state index contributed by atoms with van der Waals surface area (Å²) in [5.41, 5.74) is 2.15. The first-order valence-electron chi connectivity index (χ1n) is 7.07. The average molecular weight is 409 g/mol. The lowest BCUT2D eigenvalue weighted by Gasteiger charge is -2.13. The molecular weight excluding hydrogens is 396 g/mol. The Kier molecular flexibility index (Phi) is 4.77. The van der Waals surface area contributed by atoms with Gasteiger partial charge in [0.05, 0.1) is 12.3 Å². The summed E-state index contributed by atoms with van der Waals surface area (Å²) in [7, 11) is 0. The van der Waals surface area contributed by atoms with Crippen molar-refractivity contribution in [3.63, 3.8) is 0 Å². The molecule has 2 aromatic rings. The summed E-state index contributed by atoms with van der Waals surface area (Å²) in [6.45, 7) is 2.03. The molecule has 0 radical (unpaired) electrons. The largest absolute Gasteiger partial charge is 0.444 e. The van der Waals surface area contributed by atoms with Crippen molar-refractivity contribution in [2.24, 2.45) is 0 Å². The molecule has 24 heavy (non-hydrogen) atoms. The number of anilines is 1. The maximum absolute atomic E-state index is 12.2. The Hall–Kier alpha value is -2.06. The van der Waals surface area contributed by atoms with E-state index in [0.717, 1.165) is 22.9 Å². The normalized spacial score (nSPS) is 14.3. The van der Waals surface area contributed by atoms with Crippen molar-refractivity contribution in [2.45, 2.75) is 13.5 Å². The number of amides is 3. The van der Waals surface area contributed by atoms with Gasteiger partial charge in [-0.1, -0.05) is 23.9 Å². The number of carbonyl (C=O) groups excluding carboxylic acids is 3. The van der Waals surface area contributed by atoms with E-state index in [1.54, 1.807) is 37.3 Å². The molecule has 1 aliphatic rings. The van der Waals surface area contributed by atoms with Gasteiger partial charge in [0.15, 0.2) is 10.4 Å². The van der Waals surface area contributed by atoms with Crippen molar-refractivity contribution in [3.05, 3.63) is 51.9 Å². The fraction of sp³-hybridized carbons (Fsp3) is 0.188. The molecule has 1 fully saturated rings. The van der Waals surface area contributed by atoms with E-state index in [-0.39, 0.29) is 35.1 Å². The molecule has 0 atom stereocenters. The van der Waals surface area contributed by atoms with Gasteiger partial charge in [0.25, 0.3) is 11.1 Å². The minimum Gasteiger partial charge on any atom is -0.444 e. The molecule has 6 nitrogen and oxygen atoms in total. The van der Waals surface area contributed by atoms with Crippen LogP contribution >= 0.6 is 27.7 Å². The van der Waals surface area contributed by atoms with Gasteiger partial charge in [-0.25, -0.2) is 0 Å². The first kappa shape index (κ1) is 16.8. The Morgan fingerprint density at radius 1 is 1.33 bits per heavy atom. The van der Waals surface area contributed by atoms with E-state index in [9.17, 15) is 14.4 Å². The first-order valence-corrected chi connectivity index (χ1v) is 8.85. The zero-order valence-corrected chi connectivity index (χ0v) is 15.1. The quantitative estimate of drug-likeness (QED) is 0.831. The van der Waals surface area contributed by atoms with Crippen molar-refractivity contribution in [3.8, 4) is 0 Å². The highest BCUT2D eigenvalue weighted by Crippen LogP contribution is 2.23. The summed E-state index contributed by atoms with van der Waals surface area (Å²) in [5.74, 6) is -0.0740. The van der Waals surface area contributed by atoms with E-state index in [2.05, 4.69) is 21.2 Å². The van der Waals surface area contributed by atoms with Crippen molar-refractivity contribution in [1.82, 2.24) is 4.90 Å². The molecule has 0 unspecified atom stereocenters. The van der Waals surface area contributed by atoms with Crippen LogP contribution in [0.1, 0.15) is 21.7 Å². The van der Waals surface area contributed by atoms with Gasteiger partial charge in [-0.15, -0.1) is 0 Å². The first-order chi connectivity index (χ1) is 11.4. The third kappa shape index (κ3) is 3.54. The molecular formula is C16H13BrN2O4S. The second kappa shape index (κ2) is 6.82. The molecule has 0 saturated carbocycles. The van der Waals surface area contributed by atoms with Crippen LogP contribution in [0.25, 0.3) is 0 Å². The fourth-order valence-corrected chi connectivity index (χ4v) is 3.50. The standard InChI is InChI=1S/C16H13BrN2O4S/c1-9-6-12(17)23-14(9)15(21)18-11-4-2-10(3-5-11)7-19-13(20)8-24-16(19)22/h2-6H,7-8H2,1H3,(H,18,21). The number of nitrogens with zero attached hydrogens (tertiary/aromatic N) is 1. The van der Waals surface area contributed by atoms with Crippen LogP contribution in [-0.4, -0.2) is 27.7 Å². The minimum atomic E-state index is -0.341. The summed E-state index contributed by atoms with van der Waals surface area (Å²) < 4.78 is 5.80. The monoisotopic (exact) mass is 408 g/mol. The van der Waals surface area contributed by atoms with E-state index in [1.807, 2.05) is 0 Å². The average Bonchev–Trinajstić information content (AvgIpc) is 3.04. The van der Waals surface area contributed by atoms with E-state index in [0.29, 0.717) is 10.4 Å². The third-order valence-corrected chi connectivity index (χ3v) is 4.74. The van der Waals surface area contributed by atoms with Crippen LogP contribution in [0.3, 0.4) is 0 Å². The molecule has 3 rings (SSSR count). The molecule has 1 aromatic heterocycles. The summed E-state index contributed by atoms with van der Waals surface area (Å²) in [6, 6.07) is 8.70. The van der Waals surface area contributed by atoms with Gasteiger partial charge < -0.3 is 9.73 Å². The number of hydrogen-bond acceptors (Lipinski definition) is 5. The zero-order valence-electron chi connectivity index (χ0n) is 12.7. The SMILES string of the molecule is Cc1cc(Br)oc1C(=O)Nc1ccc(CN2C(=O)CSC2=O)cc1. The van der Waals surface area contributed by atoms with Crippen molar-refractivity contribution in [2.75, 3.05) is 11.1 Å². The molecule has 1 saturated heterocycles. The highest BCUT2D eigenvalue weighted by molar-refractivity contribution is 9.10. The summed E-state index contributed by atoms with van der Waals surface area (Å²) in [5, 5.41) is 2.52. The van der Waals surface area contributed by atoms with Gasteiger partial charge in [-0.3, -0.25) is 19.3 Å². The second-order valence-electron chi connectivity index (χ2n) is 5.25. The highest BCUT2D eigenvalue weighted by Gasteiger charge is 2.29. The smallest absolute Gasteiger partial charge is 0.291 e. The van der Waals surface area contributed by atoms with Gasteiger partial charge >= 0.3 is 0 Å². The predicted molar refractivity (Wildman–Crippen MR) is 93.9 cm³/mol. The number of aryl methyl sites for hydroxylation is 1. The number of rotatable bonds is 4. The van der Waals surface area contributed by atoms with E-state index >= 15 is 0 Å². The lowest BCUT2D eigenvalue weighted by Crippen LogP contribution is -2.27. The molecule has 0 aliphatic carbocycles. The molecule has 3 amide bonds. The Morgan fingerprint density at radius 2 is 2.04 bits per heavy atom. The van der Waals surface area contributed by atoms with Crippen molar-refractivity contribution < 1.29 is 18.8 Å². The minimum absolute atomic E-state index is 0.179. The van der Waals surface area contributed by atoms with Crippen LogP contribution < -0.4 is 5.32 Å². The van der Waals surface area contributed by atoms with Crippen LogP contribution in [0.4, 0.5) is 10.5 Å². The van der Waals surface area contributed by atoms with E-state index in [1.165, 1.54) is 4.90 Å². The Balaban J connectivity index is 1.66. The second-order valence-corrected chi connectivity index (χ2v) is 6.96. The molecule has 0 bridgehead atoms. The van der Waals surface area contributed by atoms with Crippen LogP contribution in [0, 0.1) is 6.92 Å². The maximum atomic E-state index is 12.2. The number of thioether (sulfide) groups is 1. The molecule has 8 heteroatoms. The Labute approximate surface area is 150 Å². The molecule has 1 aliphatic heterocycles. The van der Waals surface area contributed by atoms with Gasteiger partial charge in [-0.2, -0.15) is 0 Å². The topological polar surface area (TPSA) is 79.6 Å². The number of hydrogen-bond donors (Lipinski definition) is 1. The molecule has 2 heterocycles. The van der Waals surface area contributed by atoms with Crippen molar-refractivity contribution in [1.29, 1.82) is 0 Å². The van der Waals surface area contributed by atoms with Crippen LogP contribution in [0.5, 0.6) is 0 Å². The van der Waals surface area contributed by atoms with E-state index < -0.39 is 0 Å². The maximum Gasteiger partial charge on any atom is 0.291 e.